The van der Waals surface area contributed by atoms with Gasteiger partial charge in [-0.2, -0.15) is 5.10 Å². The lowest BCUT2D eigenvalue weighted by molar-refractivity contribution is 0.915. The molecule has 2 heterocycles. The predicted octanol–water partition coefficient (Wildman–Crippen LogP) is 1.27. The summed E-state index contributed by atoms with van der Waals surface area (Å²) < 4.78 is 0. The highest BCUT2D eigenvalue weighted by Gasteiger charge is 2.18. The smallest absolute Gasteiger partial charge is 0.151 e. The number of hydrogen-bond acceptors (Lipinski definition) is 4. The molecule has 0 aromatic heterocycles. The number of nitrogens with zero attached hydrogens (tertiary/aromatic N) is 3. The zero-order valence-corrected chi connectivity index (χ0v) is 7.38. The highest BCUT2D eigenvalue weighted by Crippen LogP contribution is 2.24. The van der Waals surface area contributed by atoms with Crippen molar-refractivity contribution in [3.63, 3.8) is 0 Å². The Morgan fingerprint density at radius 3 is 3.14 bits per heavy atom. The van der Waals surface area contributed by atoms with Crippen molar-refractivity contribution < 1.29 is 0 Å². The third kappa shape index (κ3) is 0.939. The Kier molecular flexibility index (Phi) is 1.41. The summed E-state index contributed by atoms with van der Waals surface area (Å²) in [5, 5.41) is 3.98. The summed E-state index contributed by atoms with van der Waals surface area (Å²) in [4.78, 5) is 6.16. The first-order chi connectivity index (χ1) is 6.95. The largest absolute Gasteiger partial charge is 0.282 e. The van der Waals surface area contributed by atoms with E-state index in [1.807, 2.05) is 35.4 Å². The molecular formula is C10H8N4. The lowest BCUT2D eigenvalue weighted by Gasteiger charge is -2.15. The van der Waals surface area contributed by atoms with Gasteiger partial charge in [0.1, 0.15) is 6.34 Å². The normalized spacial score (nSPS) is 16.9. The van der Waals surface area contributed by atoms with Gasteiger partial charge in [0.15, 0.2) is 5.82 Å². The zero-order valence-electron chi connectivity index (χ0n) is 7.38. The molecule has 0 saturated heterocycles. The molecule has 0 unspecified atom stereocenters. The lowest BCUT2D eigenvalue weighted by atomic mass is 10.2. The van der Waals surface area contributed by atoms with E-state index in [1.165, 1.54) is 0 Å². The van der Waals surface area contributed by atoms with E-state index in [4.69, 9.17) is 0 Å². The van der Waals surface area contributed by atoms with Crippen LogP contribution in [0.3, 0.4) is 0 Å². The third-order valence-electron chi connectivity index (χ3n) is 2.22. The van der Waals surface area contributed by atoms with Crippen molar-refractivity contribution in [3.8, 4) is 0 Å². The highest BCUT2D eigenvalue weighted by atomic mass is 15.5. The topological polar surface area (TPSA) is 40.0 Å². The van der Waals surface area contributed by atoms with Crippen LogP contribution in [0.15, 0.2) is 46.4 Å². The van der Waals surface area contributed by atoms with E-state index in [-0.39, 0.29) is 0 Å². The molecule has 0 bridgehead atoms. The minimum atomic E-state index is 0.881. The van der Waals surface area contributed by atoms with Gasteiger partial charge in [-0.3, -0.25) is 15.3 Å². The Morgan fingerprint density at radius 2 is 2.14 bits per heavy atom. The summed E-state index contributed by atoms with van der Waals surface area (Å²) in [6.07, 6.45) is 5.35. The molecule has 0 fully saturated rings. The molecule has 3 rings (SSSR count). The lowest BCUT2D eigenvalue weighted by Crippen LogP contribution is -2.20. The van der Waals surface area contributed by atoms with E-state index < -0.39 is 0 Å². The number of rotatable bonds is 0. The number of anilines is 1. The van der Waals surface area contributed by atoms with Crippen molar-refractivity contribution in [3.05, 3.63) is 41.8 Å². The molecule has 0 saturated carbocycles. The second kappa shape index (κ2) is 2.70. The summed E-state index contributed by atoms with van der Waals surface area (Å²) in [6, 6.07) is 8.07. The summed E-state index contributed by atoms with van der Waals surface area (Å²) in [5.41, 5.74) is 5.07. The van der Waals surface area contributed by atoms with Crippen LogP contribution < -0.4 is 10.3 Å². The van der Waals surface area contributed by atoms with E-state index in [0.29, 0.717) is 0 Å². The van der Waals surface area contributed by atoms with Crippen LogP contribution in [0.25, 0.3) is 0 Å². The zero-order chi connectivity index (χ0) is 9.38. The standard InChI is InChI=1S/C10H8N4/c1-2-4-9-8(3-1)5-11-6-10-13-12-7-14(9)10/h1-7,13H. The van der Waals surface area contributed by atoms with Gasteiger partial charge in [-0.15, -0.1) is 0 Å². The van der Waals surface area contributed by atoms with Crippen molar-refractivity contribution in [2.24, 2.45) is 10.1 Å². The van der Waals surface area contributed by atoms with Gasteiger partial charge in [-0.25, -0.2) is 0 Å². The van der Waals surface area contributed by atoms with Gasteiger partial charge in [0.2, 0.25) is 0 Å². The summed E-state index contributed by atoms with van der Waals surface area (Å²) in [6.45, 7) is 0. The quantitative estimate of drug-likeness (QED) is 0.659. The van der Waals surface area contributed by atoms with Crippen molar-refractivity contribution in [1.29, 1.82) is 0 Å². The summed E-state index contributed by atoms with van der Waals surface area (Å²) >= 11 is 0. The molecule has 1 N–H and O–H groups in total. The van der Waals surface area contributed by atoms with E-state index in [1.54, 1.807) is 12.5 Å². The molecule has 2 aliphatic heterocycles. The Bertz CT molecular complexity index is 459. The molecule has 0 spiro atoms. The number of nitrogens with one attached hydrogen (secondary N) is 1. The minimum absolute atomic E-state index is 0.881. The minimum Gasteiger partial charge on any atom is -0.282 e. The maximum absolute atomic E-state index is 4.18. The number of fused-ring (bicyclic) bond motifs is 3. The number of para-hydroxylation sites is 1. The molecule has 0 atom stereocenters. The monoisotopic (exact) mass is 184 g/mol. The molecule has 4 nitrogen and oxygen atoms in total. The van der Waals surface area contributed by atoms with Crippen LogP contribution in [0.4, 0.5) is 5.69 Å². The van der Waals surface area contributed by atoms with Gasteiger partial charge in [-0.05, 0) is 6.07 Å². The molecule has 1 aromatic carbocycles. The molecule has 68 valence electrons. The van der Waals surface area contributed by atoms with Gasteiger partial charge in [0.25, 0.3) is 0 Å². The third-order valence-corrected chi connectivity index (χ3v) is 2.22. The molecule has 2 aliphatic rings. The molecule has 4 heteroatoms. The highest BCUT2D eigenvalue weighted by molar-refractivity contribution is 5.97. The fraction of sp³-hybridized carbons (Fsp3) is 0. The predicted molar refractivity (Wildman–Crippen MR) is 56.2 cm³/mol. The van der Waals surface area contributed by atoms with Gasteiger partial charge >= 0.3 is 0 Å². The Morgan fingerprint density at radius 1 is 1.21 bits per heavy atom. The van der Waals surface area contributed by atoms with Gasteiger partial charge in [0.05, 0.1) is 11.9 Å². The second-order valence-corrected chi connectivity index (χ2v) is 3.08. The van der Waals surface area contributed by atoms with Crippen LogP contribution in [-0.2, 0) is 0 Å². The van der Waals surface area contributed by atoms with E-state index in [2.05, 4.69) is 15.5 Å². The number of hydrogen-bond donors (Lipinski definition) is 1. The Balaban J connectivity index is 2.21. The average Bonchev–Trinajstić information content (AvgIpc) is 2.61. The maximum Gasteiger partial charge on any atom is 0.151 e. The second-order valence-electron chi connectivity index (χ2n) is 3.08. The first kappa shape index (κ1) is 7.32. The van der Waals surface area contributed by atoms with E-state index >= 15 is 0 Å². The van der Waals surface area contributed by atoms with Gasteiger partial charge < -0.3 is 0 Å². The fourth-order valence-electron chi connectivity index (χ4n) is 1.56. The number of hydrazone groups is 1. The first-order valence-electron chi connectivity index (χ1n) is 4.36. The number of benzene rings is 1. The van der Waals surface area contributed by atoms with Crippen LogP contribution >= 0.6 is 0 Å². The van der Waals surface area contributed by atoms with Crippen LogP contribution in [-0.4, -0.2) is 12.6 Å². The van der Waals surface area contributed by atoms with Crippen molar-refractivity contribution in [1.82, 2.24) is 5.43 Å². The van der Waals surface area contributed by atoms with Crippen LogP contribution in [0.1, 0.15) is 5.56 Å². The summed E-state index contributed by atoms with van der Waals surface area (Å²) in [7, 11) is 0. The van der Waals surface area contributed by atoms with Crippen molar-refractivity contribution in [2.45, 2.75) is 0 Å². The molecular weight excluding hydrogens is 176 g/mol. The van der Waals surface area contributed by atoms with Crippen molar-refractivity contribution in [2.75, 3.05) is 4.90 Å². The van der Waals surface area contributed by atoms with Gasteiger partial charge in [-0.1, -0.05) is 18.2 Å². The maximum atomic E-state index is 4.18. The van der Waals surface area contributed by atoms with Crippen molar-refractivity contribution >= 4 is 18.2 Å². The average molecular weight is 184 g/mol. The SMILES string of the molecule is C1=NC=C2NN=CN2c2ccccc21. The Labute approximate surface area is 81.3 Å². The van der Waals surface area contributed by atoms with Crippen LogP contribution in [0.5, 0.6) is 0 Å². The summed E-state index contributed by atoms with van der Waals surface area (Å²) in [5.74, 6) is 0.881. The number of aliphatic imine (C=N–C) groups is 1. The Hall–Kier alpha value is -2.10. The van der Waals surface area contributed by atoms with Crippen LogP contribution in [0.2, 0.25) is 0 Å². The van der Waals surface area contributed by atoms with E-state index in [0.717, 1.165) is 17.1 Å². The van der Waals surface area contributed by atoms with Gasteiger partial charge in [0, 0.05) is 11.8 Å². The van der Waals surface area contributed by atoms with Crippen LogP contribution in [0, 0.1) is 0 Å². The van der Waals surface area contributed by atoms with E-state index in [9.17, 15) is 0 Å². The molecule has 1 aromatic rings. The molecule has 0 amide bonds. The molecule has 14 heavy (non-hydrogen) atoms. The first-order valence-corrected chi connectivity index (χ1v) is 4.36. The fourth-order valence-corrected chi connectivity index (χ4v) is 1.56. The molecule has 0 aliphatic carbocycles. The molecule has 0 radical (unpaired) electrons.